The fourth-order valence-corrected chi connectivity index (χ4v) is 2.99. The van der Waals surface area contributed by atoms with E-state index in [2.05, 4.69) is 51.5 Å². The fourth-order valence-electron chi connectivity index (χ4n) is 2.99. The van der Waals surface area contributed by atoms with Gasteiger partial charge in [0.2, 0.25) is 5.89 Å². The summed E-state index contributed by atoms with van der Waals surface area (Å²) >= 11 is 0. The van der Waals surface area contributed by atoms with Gasteiger partial charge < -0.3 is 20.0 Å². The van der Waals surface area contributed by atoms with E-state index in [-0.39, 0.29) is 24.0 Å². The molecule has 27 heavy (non-hydrogen) atoms. The molecule has 1 atom stereocenters. The Labute approximate surface area is 159 Å². The van der Waals surface area contributed by atoms with Crippen LogP contribution in [-0.4, -0.2) is 40.3 Å². The minimum atomic E-state index is -0.215. The first kappa shape index (κ1) is 19.1. The van der Waals surface area contributed by atoms with Crippen LogP contribution in [0.5, 0.6) is 0 Å². The van der Waals surface area contributed by atoms with Gasteiger partial charge in [-0.1, -0.05) is 20.8 Å². The Bertz CT molecular complexity index is 765. The number of rotatable bonds is 4. The van der Waals surface area contributed by atoms with Crippen molar-refractivity contribution in [3.63, 3.8) is 0 Å². The standard InChI is InChI=1S/C19H28N6O2/c1-13-7-8-16(24-23-13)25-9-5-6-14(12-25)22-18(26)21-11-17-20-10-15(27-17)19(2,3)4/h7-8,10,14H,5-6,9,11-12H2,1-4H3,(H2,21,22,26). The maximum Gasteiger partial charge on any atom is 0.315 e. The van der Waals surface area contributed by atoms with Gasteiger partial charge in [-0.05, 0) is 31.9 Å². The molecule has 0 saturated carbocycles. The van der Waals surface area contributed by atoms with Crippen molar-refractivity contribution in [3.05, 3.63) is 35.7 Å². The molecule has 3 heterocycles. The quantitative estimate of drug-likeness (QED) is 0.856. The van der Waals surface area contributed by atoms with Gasteiger partial charge in [-0.2, -0.15) is 5.10 Å². The molecular formula is C19H28N6O2. The Kier molecular flexibility index (Phi) is 5.62. The number of nitrogens with one attached hydrogen (secondary N) is 2. The SMILES string of the molecule is Cc1ccc(N2CCCC(NC(=O)NCc3ncc(C(C)(C)C)o3)C2)nn1. The predicted octanol–water partition coefficient (Wildman–Crippen LogP) is 2.54. The molecule has 8 heteroatoms. The molecule has 1 aliphatic rings. The van der Waals surface area contributed by atoms with Gasteiger partial charge in [0.05, 0.1) is 18.4 Å². The van der Waals surface area contributed by atoms with Gasteiger partial charge >= 0.3 is 6.03 Å². The normalized spacial score (nSPS) is 17.6. The minimum absolute atomic E-state index is 0.0662. The van der Waals surface area contributed by atoms with Gasteiger partial charge in [0.15, 0.2) is 5.82 Å². The van der Waals surface area contributed by atoms with E-state index >= 15 is 0 Å². The number of nitrogens with zero attached hydrogens (tertiary/aromatic N) is 4. The average Bonchev–Trinajstić information content (AvgIpc) is 3.10. The Balaban J connectivity index is 1.48. The zero-order valence-electron chi connectivity index (χ0n) is 16.5. The molecule has 146 valence electrons. The van der Waals surface area contributed by atoms with Crippen LogP contribution >= 0.6 is 0 Å². The molecule has 0 bridgehead atoms. The Morgan fingerprint density at radius 2 is 2.15 bits per heavy atom. The van der Waals surface area contributed by atoms with E-state index in [1.807, 2.05) is 19.1 Å². The summed E-state index contributed by atoms with van der Waals surface area (Å²) in [6.45, 7) is 10.0. The largest absolute Gasteiger partial charge is 0.443 e. The van der Waals surface area contributed by atoms with E-state index in [1.165, 1.54) is 0 Å². The molecule has 3 rings (SSSR count). The van der Waals surface area contributed by atoms with Crippen LogP contribution in [0.4, 0.5) is 10.6 Å². The minimum Gasteiger partial charge on any atom is -0.443 e. The second-order valence-electron chi connectivity index (χ2n) is 8.01. The van der Waals surface area contributed by atoms with Crippen LogP contribution < -0.4 is 15.5 Å². The van der Waals surface area contributed by atoms with Crippen molar-refractivity contribution < 1.29 is 9.21 Å². The second-order valence-corrected chi connectivity index (χ2v) is 8.01. The lowest BCUT2D eigenvalue weighted by molar-refractivity contribution is 0.233. The summed E-state index contributed by atoms with van der Waals surface area (Å²) in [7, 11) is 0. The van der Waals surface area contributed by atoms with Crippen LogP contribution in [0, 0.1) is 6.92 Å². The van der Waals surface area contributed by atoms with Crippen molar-refractivity contribution in [2.75, 3.05) is 18.0 Å². The number of aryl methyl sites for hydroxylation is 1. The number of anilines is 1. The van der Waals surface area contributed by atoms with Crippen molar-refractivity contribution in [1.29, 1.82) is 0 Å². The topological polar surface area (TPSA) is 96.2 Å². The van der Waals surface area contributed by atoms with Crippen molar-refractivity contribution in [2.45, 2.75) is 58.5 Å². The van der Waals surface area contributed by atoms with Crippen molar-refractivity contribution in [1.82, 2.24) is 25.8 Å². The van der Waals surface area contributed by atoms with Gasteiger partial charge in [-0.3, -0.25) is 0 Å². The Morgan fingerprint density at radius 3 is 2.81 bits per heavy atom. The lowest BCUT2D eigenvalue weighted by atomic mass is 9.94. The van der Waals surface area contributed by atoms with Gasteiger partial charge in [-0.15, -0.1) is 5.10 Å². The summed E-state index contributed by atoms with van der Waals surface area (Å²) in [4.78, 5) is 18.6. The average molecular weight is 372 g/mol. The maximum absolute atomic E-state index is 12.2. The van der Waals surface area contributed by atoms with Crippen LogP contribution in [0.25, 0.3) is 0 Å². The molecule has 0 spiro atoms. The van der Waals surface area contributed by atoms with Gasteiger partial charge in [0, 0.05) is 24.5 Å². The highest BCUT2D eigenvalue weighted by atomic mass is 16.4. The number of amides is 2. The van der Waals surface area contributed by atoms with E-state index in [9.17, 15) is 4.79 Å². The van der Waals surface area contributed by atoms with Crippen molar-refractivity contribution in [3.8, 4) is 0 Å². The number of carbonyl (C=O) groups excluding carboxylic acids is 1. The summed E-state index contributed by atoms with van der Waals surface area (Å²) in [5.41, 5.74) is 0.795. The maximum atomic E-state index is 12.2. The highest BCUT2D eigenvalue weighted by molar-refractivity contribution is 5.74. The monoisotopic (exact) mass is 372 g/mol. The molecule has 0 radical (unpaired) electrons. The van der Waals surface area contributed by atoms with Gasteiger partial charge in [0.25, 0.3) is 0 Å². The number of carbonyl (C=O) groups is 1. The number of urea groups is 1. The molecule has 8 nitrogen and oxygen atoms in total. The summed E-state index contributed by atoms with van der Waals surface area (Å²) in [6, 6.07) is 3.78. The van der Waals surface area contributed by atoms with E-state index in [0.29, 0.717) is 5.89 Å². The number of piperidine rings is 1. The van der Waals surface area contributed by atoms with E-state index < -0.39 is 0 Å². The first-order chi connectivity index (χ1) is 12.8. The third-order valence-corrected chi connectivity index (χ3v) is 4.56. The summed E-state index contributed by atoms with van der Waals surface area (Å²) < 4.78 is 5.70. The molecule has 1 fully saturated rings. The molecule has 2 amide bonds. The smallest absolute Gasteiger partial charge is 0.315 e. The number of hydrogen-bond donors (Lipinski definition) is 2. The number of aromatic nitrogens is 3. The summed E-state index contributed by atoms with van der Waals surface area (Å²) in [6.07, 6.45) is 3.65. The second kappa shape index (κ2) is 7.94. The summed E-state index contributed by atoms with van der Waals surface area (Å²) in [5, 5.41) is 14.2. The Morgan fingerprint density at radius 1 is 1.33 bits per heavy atom. The first-order valence-electron chi connectivity index (χ1n) is 9.36. The van der Waals surface area contributed by atoms with Crippen LogP contribution in [0.1, 0.15) is 51.0 Å². The number of hydrogen-bond acceptors (Lipinski definition) is 6. The lowest BCUT2D eigenvalue weighted by Crippen LogP contribution is -2.50. The van der Waals surface area contributed by atoms with Crippen LogP contribution in [0.15, 0.2) is 22.7 Å². The predicted molar refractivity (Wildman–Crippen MR) is 103 cm³/mol. The molecule has 0 aliphatic carbocycles. The third-order valence-electron chi connectivity index (χ3n) is 4.56. The fraction of sp³-hybridized carbons (Fsp3) is 0.579. The zero-order valence-corrected chi connectivity index (χ0v) is 16.5. The first-order valence-corrected chi connectivity index (χ1v) is 9.36. The molecule has 1 saturated heterocycles. The molecule has 0 aromatic carbocycles. The van der Waals surface area contributed by atoms with E-state index in [1.54, 1.807) is 6.20 Å². The third kappa shape index (κ3) is 5.18. The lowest BCUT2D eigenvalue weighted by Gasteiger charge is -2.33. The summed E-state index contributed by atoms with van der Waals surface area (Å²) in [5.74, 6) is 2.17. The molecule has 1 aliphatic heterocycles. The van der Waals surface area contributed by atoms with Crippen molar-refractivity contribution >= 4 is 11.8 Å². The molecule has 2 aromatic rings. The van der Waals surface area contributed by atoms with E-state index in [4.69, 9.17) is 4.42 Å². The van der Waals surface area contributed by atoms with Crippen molar-refractivity contribution in [2.24, 2.45) is 0 Å². The molecular weight excluding hydrogens is 344 g/mol. The molecule has 2 aromatic heterocycles. The highest BCUT2D eigenvalue weighted by Gasteiger charge is 2.23. The Hall–Kier alpha value is -2.64. The molecule has 1 unspecified atom stereocenters. The van der Waals surface area contributed by atoms with E-state index in [0.717, 1.165) is 43.2 Å². The van der Waals surface area contributed by atoms with Crippen LogP contribution in [0.2, 0.25) is 0 Å². The van der Waals surface area contributed by atoms with Crippen LogP contribution in [0.3, 0.4) is 0 Å². The van der Waals surface area contributed by atoms with Crippen LogP contribution in [-0.2, 0) is 12.0 Å². The van der Waals surface area contributed by atoms with Gasteiger partial charge in [0.1, 0.15) is 5.76 Å². The highest BCUT2D eigenvalue weighted by Crippen LogP contribution is 2.22. The van der Waals surface area contributed by atoms with Gasteiger partial charge in [-0.25, -0.2) is 9.78 Å². The molecule has 2 N–H and O–H groups in total. The number of oxazole rings is 1. The zero-order chi connectivity index (χ0) is 19.4.